The van der Waals surface area contributed by atoms with Crippen LogP contribution in [0.2, 0.25) is 0 Å². The zero-order valence-corrected chi connectivity index (χ0v) is 22.9. The van der Waals surface area contributed by atoms with E-state index in [1.807, 2.05) is 6.92 Å². The summed E-state index contributed by atoms with van der Waals surface area (Å²) >= 11 is 0. The van der Waals surface area contributed by atoms with Crippen molar-refractivity contribution in [2.24, 2.45) is 0 Å². The number of pyridine rings is 1. The molecule has 1 aromatic carbocycles. The van der Waals surface area contributed by atoms with E-state index in [0.29, 0.717) is 35.6 Å². The van der Waals surface area contributed by atoms with Gasteiger partial charge in [0.2, 0.25) is 0 Å². The third-order valence-corrected chi connectivity index (χ3v) is 6.79. The minimum absolute atomic E-state index is 0.0462. The number of anilines is 2. The molecule has 0 bridgehead atoms. The lowest BCUT2D eigenvalue weighted by atomic mass is 9.91. The number of ether oxygens (including phenoxy) is 1. The normalized spacial score (nSPS) is 17.2. The predicted octanol–water partition coefficient (Wildman–Crippen LogP) is 5.30. The molecular weight excluding hydrogens is 572 g/mol. The number of aliphatic hydroxyl groups is 1. The van der Waals surface area contributed by atoms with Crippen LogP contribution in [0.5, 0.6) is 0 Å². The number of rotatable bonds is 8. The third kappa shape index (κ3) is 6.58. The maximum atomic E-state index is 13.7. The second-order valence-electron chi connectivity index (χ2n) is 9.69. The van der Waals surface area contributed by atoms with Gasteiger partial charge in [-0.15, -0.1) is 5.10 Å². The standard InChI is InChI=1S/C26H29F6N7O3/c1-4-19-13-21(22-20(7-6-15(3)33-22)39(19)24(41)42-5-2)37(23-34-36-38(35-23)8-9-40)14-16-10-17(25(27,28)29)12-18(11-16)26(30,31)32/h6-7,10-12,19,21,40H,4-5,8-9,13-14H2,1-3H3. The fourth-order valence-corrected chi connectivity index (χ4v) is 4.92. The molecule has 3 heterocycles. The Bertz CT molecular complexity index is 1380. The van der Waals surface area contributed by atoms with Crippen LogP contribution in [0.15, 0.2) is 30.3 Å². The number of alkyl halides is 6. The number of aliphatic hydroxyl groups excluding tert-OH is 1. The molecule has 1 amide bonds. The summed E-state index contributed by atoms with van der Waals surface area (Å²) < 4.78 is 87.2. The fraction of sp³-hybridized carbons (Fsp3) is 0.500. The minimum Gasteiger partial charge on any atom is -0.449 e. The molecule has 0 saturated heterocycles. The Morgan fingerprint density at radius 3 is 2.33 bits per heavy atom. The van der Waals surface area contributed by atoms with Gasteiger partial charge in [0.25, 0.3) is 5.95 Å². The van der Waals surface area contributed by atoms with Crippen LogP contribution in [0, 0.1) is 6.92 Å². The summed E-state index contributed by atoms with van der Waals surface area (Å²) in [6.45, 7) is 4.46. The lowest BCUT2D eigenvalue weighted by molar-refractivity contribution is -0.143. The van der Waals surface area contributed by atoms with E-state index in [2.05, 4.69) is 20.4 Å². The van der Waals surface area contributed by atoms with Crippen molar-refractivity contribution in [1.29, 1.82) is 0 Å². The van der Waals surface area contributed by atoms with Gasteiger partial charge in [-0.3, -0.25) is 9.88 Å². The summed E-state index contributed by atoms with van der Waals surface area (Å²) in [6, 6.07) is 3.46. The molecule has 1 N–H and O–H groups in total. The van der Waals surface area contributed by atoms with Gasteiger partial charge in [0.1, 0.15) is 0 Å². The van der Waals surface area contributed by atoms with Crippen LogP contribution in [0.25, 0.3) is 0 Å². The Morgan fingerprint density at radius 1 is 1.10 bits per heavy atom. The first-order valence-electron chi connectivity index (χ1n) is 13.1. The van der Waals surface area contributed by atoms with Gasteiger partial charge in [0, 0.05) is 18.3 Å². The third-order valence-electron chi connectivity index (χ3n) is 6.79. The van der Waals surface area contributed by atoms with Crippen molar-refractivity contribution in [2.45, 2.75) is 71.1 Å². The lowest BCUT2D eigenvalue weighted by Crippen LogP contribution is -2.48. The molecule has 2 unspecified atom stereocenters. The average Bonchev–Trinajstić information content (AvgIpc) is 3.38. The van der Waals surface area contributed by atoms with Crippen molar-refractivity contribution < 1.29 is 41.0 Å². The maximum absolute atomic E-state index is 13.7. The number of hydrogen-bond donors (Lipinski definition) is 1. The van der Waals surface area contributed by atoms with Crippen LogP contribution in [-0.2, 0) is 30.2 Å². The molecule has 0 aliphatic carbocycles. The topological polar surface area (TPSA) is 110 Å². The molecule has 1 aliphatic heterocycles. The van der Waals surface area contributed by atoms with Gasteiger partial charge < -0.3 is 14.7 Å². The Morgan fingerprint density at radius 2 is 1.76 bits per heavy atom. The summed E-state index contributed by atoms with van der Waals surface area (Å²) in [5.74, 6) is -0.104. The molecule has 0 spiro atoms. The van der Waals surface area contributed by atoms with Gasteiger partial charge in [-0.25, -0.2) is 4.79 Å². The quantitative estimate of drug-likeness (QED) is 0.347. The smallest absolute Gasteiger partial charge is 0.416 e. The number of hydrogen-bond acceptors (Lipinski definition) is 8. The average molecular weight is 602 g/mol. The second kappa shape index (κ2) is 12.1. The zero-order chi connectivity index (χ0) is 30.8. The van der Waals surface area contributed by atoms with Crippen LogP contribution < -0.4 is 9.80 Å². The molecule has 42 heavy (non-hydrogen) atoms. The van der Waals surface area contributed by atoms with Crippen molar-refractivity contribution in [3.05, 3.63) is 58.4 Å². The fourth-order valence-electron chi connectivity index (χ4n) is 4.92. The van der Waals surface area contributed by atoms with Crippen molar-refractivity contribution in [3.8, 4) is 0 Å². The van der Waals surface area contributed by atoms with Gasteiger partial charge in [-0.2, -0.15) is 31.1 Å². The first kappa shape index (κ1) is 31.0. The van der Waals surface area contributed by atoms with Crippen LogP contribution in [-0.4, -0.2) is 55.6 Å². The summed E-state index contributed by atoms with van der Waals surface area (Å²) in [5, 5.41) is 21.4. The Balaban J connectivity index is 1.89. The van der Waals surface area contributed by atoms with E-state index in [4.69, 9.17) is 4.74 Å². The van der Waals surface area contributed by atoms with Gasteiger partial charge in [0.15, 0.2) is 0 Å². The molecule has 10 nitrogen and oxygen atoms in total. The van der Waals surface area contributed by atoms with Crippen molar-refractivity contribution in [3.63, 3.8) is 0 Å². The van der Waals surface area contributed by atoms with Gasteiger partial charge in [0.05, 0.1) is 48.3 Å². The van der Waals surface area contributed by atoms with E-state index in [1.54, 1.807) is 26.0 Å². The van der Waals surface area contributed by atoms with E-state index in [0.717, 1.165) is 4.80 Å². The van der Waals surface area contributed by atoms with E-state index in [9.17, 15) is 36.2 Å². The van der Waals surface area contributed by atoms with Crippen LogP contribution in [0.4, 0.5) is 42.8 Å². The largest absolute Gasteiger partial charge is 0.449 e. The molecule has 228 valence electrons. The number of aromatic nitrogens is 5. The van der Waals surface area contributed by atoms with Crippen molar-refractivity contribution in [2.75, 3.05) is 23.0 Å². The summed E-state index contributed by atoms with van der Waals surface area (Å²) in [7, 11) is 0. The first-order chi connectivity index (χ1) is 19.8. The monoisotopic (exact) mass is 601 g/mol. The van der Waals surface area contributed by atoms with E-state index < -0.39 is 48.2 Å². The SMILES string of the molecule is CCOC(=O)N1c2ccc(C)nc2C(N(Cc2cc(C(F)(F)F)cc(C(F)(F)F)c2)c2nnn(CCO)n2)CC1CC. The van der Waals surface area contributed by atoms with Crippen LogP contribution in [0.3, 0.4) is 0 Å². The number of tetrazole rings is 1. The Labute approximate surface area is 236 Å². The molecule has 16 heteroatoms. The van der Waals surface area contributed by atoms with Gasteiger partial charge in [-0.05, 0) is 67.8 Å². The van der Waals surface area contributed by atoms with Gasteiger partial charge in [-0.1, -0.05) is 12.0 Å². The second-order valence-corrected chi connectivity index (χ2v) is 9.69. The number of amides is 1. The number of fused-ring (bicyclic) bond motifs is 1. The van der Waals surface area contributed by atoms with E-state index in [1.165, 1.54) is 9.80 Å². The summed E-state index contributed by atoms with van der Waals surface area (Å²) in [6.07, 6.45) is -10.1. The summed E-state index contributed by atoms with van der Waals surface area (Å²) in [5.41, 5.74) is -1.92. The lowest BCUT2D eigenvalue weighted by Gasteiger charge is -2.43. The Kier molecular flexibility index (Phi) is 8.94. The molecule has 3 aromatic rings. The van der Waals surface area contributed by atoms with Crippen LogP contribution >= 0.6 is 0 Å². The predicted molar refractivity (Wildman–Crippen MR) is 137 cm³/mol. The molecule has 1 aliphatic rings. The number of aryl methyl sites for hydroxylation is 1. The number of benzene rings is 1. The number of carbonyl (C=O) groups is 1. The van der Waals surface area contributed by atoms with Crippen LogP contribution in [0.1, 0.15) is 60.8 Å². The number of carbonyl (C=O) groups excluding carboxylic acids is 1. The molecule has 4 rings (SSSR count). The molecule has 0 fully saturated rings. The minimum atomic E-state index is -5.03. The van der Waals surface area contributed by atoms with E-state index >= 15 is 0 Å². The maximum Gasteiger partial charge on any atom is 0.416 e. The highest BCUT2D eigenvalue weighted by molar-refractivity contribution is 5.90. The van der Waals surface area contributed by atoms with Crippen molar-refractivity contribution in [1.82, 2.24) is 25.2 Å². The Hall–Kier alpha value is -3.95. The highest BCUT2D eigenvalue weighted by atomic mass is 19.4. The molecule has 2 aromatic heterocycles. The number of nitrogens with zero attached hydrogens (tertiary/aromatic N) is 7. The molecular formula is C26H29F6N7O3. The van der Waals surface area contributed by atoms with Crippen molar-refractivity contribution >= 4 is 17.7 Å². The highest BCUT2D eigenvalue weighted by Gasteiger charge is 2.42. The first-order valence-corrected chi connectivity index (χ1v) is 13.1. The van der Waals surface area contributed by atoms with Gasteiger partial charge >= 0.3 is 18.4 Å². The molecule has 2 atom stereocenters. The molecule has 0 saturated carbocycles. The van der Waals surface area contributed by atoms with E-state index in [-0.39, 0.29) is 43.8 Å². The highest BCUT2D eigenvalue weighted by Crippen LogP contribution is 2.43. The number of halogens is 6. The summed E-state index contributed by atoms with van der Waals surface area (Å²) in [4.78, 5) is 21.6. The zero-order valence-electron chi connectivity index (χ0n) is 22.9. The molecule has 0 radical (unpaired) electrons.